The van der Waals surface area contributed by atoms with E-state index in [0.717, 1.165) is 70.2 Å². The number of benzene rings is 4. The molecule has 0 amide bonds. The Morgan fingerprint density at radius 3 is 1.20 bits per heavy atom. The van der Waals surface area contributed by atoms with Crippen molar-refractivity contribution in [3.05, 3.63) is 95.1 Å². The van der Waals surface area contributed by atoms with Gasteiger partial charge in [-0.25, -0.2) is 0 Å². The van der Waals surface area contributed by atoms with E-state index in [4.69, 9.17) is 60.8 Å². The third-order valence-electron chi connectivity index (χ3n) is 7.60. The fourth-order valence-corrected chi connectivity index (χ4v) is 4.00. The molecule has 7 atom stereocenters. The molecular weight excluding hydrogens is 768 g/mol. The highest BCUT2D eigenvalue weighted by atomic mass is 16.4. The van der Waals surface area contributed by atoms with E-state index >= 15 is 0 Å². The monoisotopic (exact) mass is 835 g/mol. The number of Topliss-reactive ketones (excluding diaryl/α,β-unsaturated/α-hetero) is 3. The van der Waals surface area contributed by atoms with Crippen LogP contribution in [-0.2, 0) is 31.9 Å². The van der Waals surface area contributed by atoms with Crippen molar-refractivity contribution in [1.29, 1.82) is 0 Å². The van der Waals surface area contributed by atoms with Gasteiger partial charge in [0.1, 0.15) is 23.4 Å². The lowest BCUT2D eigenvalue weighted by molar-refractivity contribution is -0.139. The summed E-state index contributed by atoms with van der Waals surface area (Å²) in [5.74, 6) is -10.8. The van der Waals surface area contributed by atoms with Gasteiger partial charge in [-0.1, -0.05) is 45.5 Å². The molecule has 0 aliphatic heterocycles. The van der Waals surface area contributed by atoms with Crippen molar-refractivity contribution in [3.8, 4) is 46.0 Å². The molecule has 324 valence electrons. The zero-order valence-corrected chi connectivity index (χ0v) is 32.0. The molecule has 17 N–H and O–H groups in total. The van der Waals surface area contributed by atoms with Gasteiger partial charge in [0.05, 0.1) is 23.5 Å². The SMILES string of the molecule is C.[2H]C([2H])(c1ccc(O)c(O)c1)[C@]([2H])(N)C(C)=O.[2H][C@@](N)(C(C)=O)[C@]([2H])(C)c1ccc(O)c(O)c1.[2H][C@H](c1ccc(O)c(O)c1)[C@]([2H])(N)C(C)=O.[2H][C@](C)(c1ccc(O)c(O)c1)[C@]([2H])(N)C(=O)O. The Bertz CT molecular complexity index is 2270. The fraction of sp³-hybridized carbons (Fsp3) is 0.333. The maximum absolute atomic E-state index is 11.3. The molecule has 59 heavy (non-hydrogen) atoms. The molecular formula is C42H58N4O13. The van der Waals surface area contributed by atoms with Gasteiger partial charge < -0.3 is 68.9 Å². The zero-order valence-electron chi connectivity index (χ0n) is 41.0. The highest BCUT2D eigenvalue weighted by Crippen LogP contribution is 2.31. The number of carboxylic acids is 1. The van der Waals surface area contributed by atoms with E-state index < -0.39 is 106 Å². The molecule has 0 fully saturated rings. The van der Waals surface area contributed by atoms with Crippen molar-refractivity contribution < 1.29 is 77.5 Å². The van der Waals surface area contributed by atoms with Crippen LogP contribution in [0.25, 0.3) is 0 Å². The zero-order chi connectivity index (χ0) is 52.8. The molecule has 0 spiro atoms. The lowest BCUT2D eigenvalue weighted by Gasteiger charge is -2.17. The van der Waals surface area contributed by atoms with Crippen LogP contribution < -0.4 is 22.9 Å². The van der Waals surface area contributed by atoms with E-state index in [1.165, 1.54) is 37.3 Å². The maximum Gasteiger partial charge on any atom is 0.321 e. The quantitative estimate of drug-likeness (QED) is 0.0908. The summed E-state index contributed by atoms with van der Waals surface area (Å²) in [5.41, 5.74) is 21.8. The first-order valence-corrected chi connectivity index (χ1v) is 16.5. The van der Waals surface area contributed by atoms with Gasteiger partial charge in [-0.3, -0.25) is 19.2 Å². The average molecular weight is 836 g/mol. The Morgan fingerprint density at radius 1 is 0.525 bits per heavy atom. The minimum atomic E-state index is -2.57. The minimum absolute atomic E-state index is 0. The molecule has 0 aliphatic rings. The summed E-state index contributed by atoms with van der Waals surface area (Å²) in [6.45, 7) is 5.76. The highest BCUT2D eigenvalue weighted by molar-refractivity contribution is 5.82. The van der Waals surface area contributed by atoms with Gasteiger partial charge in [-0.2, -0.15) is 0 Å². The van der Waals surface area contributed by atoms with Gasteiger partial charge in [-0.15, -0.1) is 0 Å². The molecule has 0 bridgehead atoms. The minimum Gasteiger partial charge on any atom is -0.504 e. The molecule has 4 rings (SSSR count). The number of carbonyl (C=O) groups excluding carboxylic acids is 3. The molecule has 0 aliphatic carbocycles. The molecule has 0 unspecified atom stereocenters. The second-order valence-corrected chi connectivity index (χ2v) is 12.0. The summed E-state index contributed by atoms with van der Waals surface area (Å²) < 4.78 is 69.4. The standard InChI is InChI=1S/C11H15NO3.C10H13NO4.2C10H13NO3.CH4/c1-6(11(12)7(2)13)8-3-4-9(14)10(15)5-8;1-5(9(11)10(14)15)6-2-3-7(12)8(13)4-6;2*1-6(12)8(11)4-7-2-3-9(13)10(14)5-7;/h3-6,11,14-15H,12H2,1-2H3;2-5,9,12-13H,11H2,1H3,(H,14,15);2*2-3,5,8,13-14H,4,11H2,1H3;1H4/t6-,11+;5-,9-;2*8-;/m1000./s1/i6D,11D;5D,9D;4D2,8D;4D,8D;/t3m;4-,8+;/m1001.. The van der Waals surface area contributed by atoms with Gasteiger partial charge >= 0.3 is 5.97 Å². The molecule has 0 saturated heterocycles. The van der Waals surface area contributed by atoms with Gasteiger partial charge in [0.15, 0.2) is 46.0 Å². The van der Waals surface area contributed by atoms with Crippen LogP contribution in [0.3, 0.4) is 0 Å². The lowest BCUT2D eigenvalue weighted by Crippen LogP contribution is -2.35. The number of nitrogens with two attached hydrogens (primary N) is 4. The third kappa shape index (κ3) is 17.3. The second kappa shape index (κ2) is 24.4. The van der Waals surface area contributed by atoms with Crippen molar-refractivity contribution >= 4 is 23.3 Å². The van der Waals surface area contributed by atoms with Crippen LogP contribution in [0, 0.1) is 0 Å². The molecule has 0 radical (unpaired) electrons. The molecule has 4 aromatic rings. The Balaban J connectivity index is 0.000000876. The number of phenols is 8. The molecule has 17 heteroatoms. The van der Waals surface area contributed by atoms with E-state index in [2.05, 4.69) is 0 Å². The van der Waals surface area contributed by atoms with Crippen LogP contribution in [0.4, 0.5) is 0 Å². The second-order valence-electron chi connectivity index (χ2n) is 12.0. The predicted octanol–water partition coefficient (Wildman–Crippen LogP) is 3.48. The summed E-state index contributed by atoms with van der Waals surface area (Å²) in [5, 5.41) is 82.4. The summed E-state index contributed by atoms with van der Waals surface area (Å²) >= 11 is 0. The van der Waals surface area contributed by atoms with Gasteiger partial charge in [0.2, 0.25) is 0 Å². The average Bonchev–Trinajstić information content (AvgIpc) is 3.21. The summed E-state index contributed by atoms with van der Waals surface area (Å²) in [6.07, 6.45) is -3.80. The van der Waals surface area contributed by atoms with Gasteiger partial charge in [0.25, 0.3) is 0 Å². The largest absolute Gasteiger partial charge is 0.504 e. The summed E-state index contributed by atoms with van der Waals surface area (Å²) in [4.78, 5) is 44.4. The highest BCUT2D eigenvalue weighted by Gasteiger charge is 2.22. The number of carboxylic acid groups (broad SMARTS) is 1. The number of aromatic hydroxyl groups is 8. The number of hydrogen-bond acceptors (Lipinski definition) is 16. The fourth-order valence-electron chi connectivity index (χ4n) is 4.00. The first-order valence-electron chi connectivity index (χ1n) is 21.1. The molecule has 0 aromatic heterocycles. The van der Waals surface area contributed by atoms with Crippen LogP contribution in [-0.4, -0.2) is 93.3 Å². The van der Waals surface area contributed by atoms with Crippen LogP contribution >= 0.6 is 0 Å². The number of phenolic OH excluding ortho intramolecular Hbond substituents is 8. The van der Waals surface area contributed by atoms with E-state index in [1.54, 1.807) is 0 Å². The van der Waals surface area contributed by atoms with Gasteiger partial charge in [0, 0.05) is 18.6 Å². The van der Waals surface area contributed by atoms with Crippen molar-refractivity contribution in [2.75, 3.05) is 0 Å². The van der Waals surface area contributed by atoms with Crippen molar-refractivity contribution in [2.24, 2.45) is 22.9 Å². The third-order valence-corrected chi connectivity index (χ3v) is 7.60. The maximum atomic E-state index is 11.3. The topological polar surface area (TPSA) is 354 Å². The number of rotatable bonds is 12. The molecule has 0 heterocycles. The summed E-state index contributed by atoms with van der Waals surface area (Å²) in [6, 6.07) is 4.60. The van der Waals surface area contributed by atoms with Crippen molar-refractivity contribution in [3.63, 3.8) is 0 Å². The number of hydrogen-bond donors (Lipinski definition) is 13. The molecule has 0 saturated carbocycles. The van der Waals surface area contributed by atoms with Crippen LogP contribution in [0.1, 0.15) is 88.4 Å². The smallest absolute Gasteiger partial charge is 0.321 e. The van der Waals surface area contributed by atoms with Gasteiger partial charge in [-0.05, 0) is 104 Å². The Hall–Kier alpha value is -6.40. The van der Waals surface area contributed by atoms with Crippen molar-refractivity contribution in [2.45, 2.75) is 90.7 Å². The van der Waals surface area contributed by atoms with E-state index in [0.29, 0.717) is 0 Å². The molecule has 4 aromatic carbocycles. The lowest BCUT2D eigenvalue weighted by atomic mass is 9.91. The van der Waals surface area contributed by atoms with E-state index in [9.17, 15) is 39.6 Å². The Kier molecular flexibility index (Phi) is 15.8. The van der Waals surface area contributed by atoms with E-state index in [-0.39, 0.29) is 41.2 Å². The first kappa shape index (κ1) is 38.1. The molecule has 17 nitrogen and oxygen atoms in total. The summed E-state index contributed by atoms with van der Waals surface area (Å²) in [7, 11) is 0. The van der Waals surface area contributed by atoms with Crippen LogP contribution in [0.15, 0.2) is 72.8 Å². The van der Waals surface area contributed by atoms with Crippen LogP contribution in [0.2, 0.25) is 0 Å². The normalized spacial score (nSPS) is 19.5. The van der Waals surface area contributed by atoms with Crippen molar-refractivity contribution in [1.82, 2.24) is 0 Å². The number of ketones is 3. The predicted molar refractivity (Wildman–Crippen MR) is 222 cm³/mol. The Labute approximate surface area is 355 Å². The van der Waals surface area contributed by atoms with E-state index in [1.807, 2.05) is 0 Å². The van der Waals surface area contributed by atoms with Crippen LogP contribution in [0.5, 0.6) is 46.0 Å². The number of aliphatic carboxylic acids is 1. The first-order chi connectivity index (χ1) is 30.1. The Morgan fingerprint density at radius 2 is 0.864 bits per heavy atom. The number of carbonyl (C=O) groups is 4.